The molecular weight excluding hydrogens is 380 g/mol. The van der Waals surface area contributed by atoms with Crippen LogP contribution in [-0.2, 0) is 9.59 Å². The second-order valence-electron chi connectivity index (χ2n) is 7.62. The number of carbonyl (C=O) groups is 2. The second kappa shape index (κ2) is 10.7. The van der Waals surface area contributed by atoms with Crippen molar-refractivity contribution in [3.63, 3.8) is 0 Å². The monoisotopic (exact) mass is 410 g/mol. The van der Waals surface area contributed by atoms with Crippen molar-refractivity contribution in [1.82, 2.24) is 10.2 Å². The largest absolute Gasteiger partial charge is 0.491 e. The number of benzene rings is 2. The van der Waals surface area contributed by atoms with E-state index in [-0.39, 0.29) is 24.3 Å². The Morgan fingerprint density at radius 2 is 1.63 bits per heavy atom. The number of para-hydroxylation sites is 2. The third kappa shape index (κ3) is 5.99. The third-order valence-corrected chi connectivity index (χ3v) is 5.38. The van der Waals surface area contributed by atoms with Crippen molar-refractivity contribution < 1.29 is 19.1 Å². The van der Waals surface area contributed by atoms with Gasteiger partial charge in [0.05, 0.1) is 6.54 Å². The molecule has 0 aliphatic carbocycles. The maximum absolute atomic E-state index is 12.4. The highest BCUT2D eigenvalue weighted by Gasteiger charge is 2.27. The normalized spacial score (nSPS) is 14.3. The fraction of sp³-hybridized carbons (Fsp3) is 0.417. The zero-order chi connectivity index (χ0) is 21.3. The molecule has 0 bridgehead atoms. The quantitative estimate of drug-likeness (QED) is 0.679. The number of nitrogens with one attached hydrogen (secondary N) is 1. The Kier molecular flexibility index (Phi) is 7.71. The number of hydrogen-bond acceptors (Lipinski definition) is 4. The molecule has 1 fully saturated rings. The molecule has 6 heteroatoms. The number of carbonyl (C=O) groups excluding carboxylic acids is 2. The van der Waals surface area contributed by atoms with E-state index in [1.165, 1.54) is 0 Å². The standard InChI is InChI=1S/C24H30N2O4/c1-18-7-6-8-19(2)23(18)29-16-13-25-24(28)20-11-14-26(15-12-20)22(27)17-30-21-9-4-3-5-10-21/h3-10,20H,11-17H2,1-2H3,(H,25,28). The molecule has 0 aromatic heterocycles. The highest BCUT2D eigenvalue weighted by molar-refractivity contribution is 5.80. The van der Waals surface area contributed by atoms with Crippen LogP contribution in [0.25, 0.3) is 0 Å². The minimum atomic E-state index is -0.0655. The molecule has 0 atom stereocenters. The van der Waals surface area contributed by atoms with Crippen LogP contribution in [0.3, 0.4) is 0 Å². The van der Waals surface area contributed by atoms with Gasteiger partial charge in [0.25, 0.3) is 5.91 Å². The topological polar surface area (TPSA) is 67.9 Å². The number of hydrogen-bond donors (Lipinski definition) is 1. The maximum atomic E-state index is 12.4. The minimum absolute atomic E-state index is 0.0243. The highest BCUT2D eigenvalue weighted by atomic mass is 16.5. The molecule has 2 aromatic carbocycles. The maximum Gasteiger partial charge on any atom is 0.260 e. The van der Waals surface area contributed by atoms with Crippen molar-refractivity contribution in [2.75, 3.05) is 32.8 Å². The van der Waals surface area contributed by atoms with Crippen LogP contribution >= 0.6 is 0 Å². The summed E-state index contributed by atoms with van der Waals surface area (Å²) in [4.78, 5) is 26.5. The number of likely N-dealkylation sites (tertiary alicyclic amines) is 1. The lowest BCUT2D eigenvalue weighted by atomic mass is 9.96. The predicted molar refractivity (Wildman–Crippen MR) is 116 cm³/mol. The van der Waals surface area contributed by atoms with E-state index in [0.717, 1.165) is 16.9 Å². The summed E-state index contributed by atoms with van der Waals surface area (Å²) in [7, 11) is 0. The zero-order valence-electron chi connectivity index (χ0n) is 17.7. The van der Waals surface area contributed by atoms with Crippen LogP contribution in [0.5, 0.6) is 11.5 Å². The molecule has 1 heterocycles. The van der Waals surface area contributed by atoms with Gasteiger partial charge in [-0.2, -0.15) is 0 Å². The van der Waals surface area contributed by atoms with E-state index in [9.17, 15) is 9.59 Å². The van der Waals surface area contributed by atoms with Gasteiger partial charge in [0.15, 0.2) is 6.61 Å². The average molecular weight is 411 g/mol. The lowest BCUT2D eigenvalue weighted by Gasteiger charge is -2.31. The van der Waals surface area contributed by atoms with Crippen LogP contribution in [0, 0.1) is 19.8 Å². The second-order valence-corrected chi connectivity index (χ2v) is 7.62. The van der Waals surface area contributed by atoms with Gasteiger partial charge in [0.2, 0.25) is 5.91 Å². The molecule has 1 saturated heterocycles. The molecule has 0 unspecified atom stereocenters. The minimum Gasteiger partial charge on any atom is -0.491 e. The van der Waals surface area contributed by atoms with E-state index in [4.69, 9.17) is 9.47 Å². The van der Waals surface area contributed by atoms with Crippen LogP contribution in [0.2, 0.25) is 0 Å². The molecule has 3 rings (SSSR count). The first-order chi connectivity index (χ1) is 14.5. The highest BCUT2D eigenvalue weighted by Crippen LogP contribution is 2.22. The Morgan fingerprint density at radius 1 is 0.967 bits per heavy atom. The Morgan fingerprint density at radius 3 is 2.30 bits per heavy atom. The molecule has 1 N–H and O–H groups in total. The number of amides is 2. The fourth-order valence-corrected chi connectivity index (χ4v) is 3.64. The number of nitrogens with zero attached hydrogens (tertiary/aromatic N) is 1. The molecule has 160 valence electrons. The van der Waals surface area contributed by atoms with Gasteiger partial charge in [-0.3, -0.25) is 9.59 Å². The van der Waals surface area contributed by atoms with Gasteiger partial charge >= 0.3 is 0 Å². The summed E-state index contributed by atoms with van der Waals surface area (Å²) in [5.41, 5.74) is 2.18. The van der Waals surface area contributed by atoms with Crippen molar-refractivity contribution in [1.29, 1.82) is 0 Å². The lowest BCUT2D eigenvalue weighted by molar-refractivity contribution is -0.137. The summed E-state index contributed by atoms with van der Waals surface area (Å²) < 4.78 is 11.4. The smallest absolute Gasteiger partial charge is 0.260 e. The predicted octanol–water partition coefficient (Wildman–Crippen LogP) is 3.12. The first-order valence-electron chi connectivity index (χ1n) is 10.5. The van der Waals surface area contributed by atoms with Crippen molar-refractivity contribution in [3.8, 4) is 11.5 Å². The average Bonchev–Trinajstić information content (AvgIpc) is 2.77. The van der Waals surface area contributed by atoms with Crippen molar-refractivity contribution in [3.05, 3.63) is 59.7 Å². The van der Waals surface area contributed by atoms with E-state index < -0.39 is 0 Å². The van der Waals surface area contributed by atoms with E-state index in [1.807, 2.05) is 62.4 Å². The van der Waals surface area contributed by atoms with Crippen LogP contribution in [0.1, 0.15) is 24.0 Å². The molecule has 1 aliphatic heterocycles. The van der Waals surface area contributed by atoms with Crippen LogP contribution in [-0.4, -0.2) is 49.6 Å². The summed E-state index contributed by atoms with van der Waals surface area (Å²) in [6.45, 7) is 6.11. The van der Waals surface area contributed by atoms with Gasteiger partial charge in [0.1, 0.15) is 18.1 Å². The van der Waals surface area contributed by atoms with E-state index in [1.54, 1.807) is 4.90 Å². The summed E-state index contributed by atoms with van der Waals surface area (Å²) in [5, 5.41) is 2.96. The zero-order valence-corrected chi connectivity index (χ0v) is 17.7. The summed E-state index contributed by atoms with van der Waals surface area (Å²) in [5.74, 6) is 1.50. The first kappa shape index (κ1) is 21.7. The van der Waals surface area contributed by atoms with E-state index in [2.05, 4.69) is 5.32 Å². The molecule has 0 radical (unpaired) electrons. The van der Waals surface area contributed by atoms with Crippen molar-refractivity contribution in [2.24, 2.45) is 5.92 Å². The summed E-state index contributed by atoms with van der Waals surface area (Å²) in [6, 6.07) is 15.3. The molecule has 2 aromatic rings. The molecule has 1 aliphatic rings. The molecule has 30 heavy (non-hydrogen) atoms. The van der Waals surface area contributed by atoms with Gasteiger partial charge < -0.3 is 19.7 Å². The SMILES string of the molecule is Cc1cccc(C)c1OCCNC(=O)C1CCN(C(=O)COc2ccccc2)CC1. The number of aryl methyl sites for hydroxylation is 2. The van der Waals surface area contributed by atoms with Crippen molar-refractivity contribution >= 4 is 11.8 Å². The van der Waals surface area contributed by atoms with Crippen LogP contribution in [0.4, 0.5) is 0 Å². The Balaban J connectivity index is 1.34. The van der Waals surface area contributed by atoms with Gasteiger partial charge in [-0.1, -0.05) is 36.4 Å². The van der Waals surface area contributed by atoms with E-state index >= 15 is 0 Å². The molecule has 0 saturated carbocycles. The van der Waals surface area contributed by atoms with Gasteiger partial charge in [-0.05, 0) is 49.9 Å². The fourth-order valence-electron chi connectivity index (χ4n) is 3.64. The van der Waals surface area contributed by atoms with Crippen molar-refractivity contribution in [2.45, 2.75) is 26.7 Å². The number of rotatable bonds is 8. The molecule has 6 nitrogen and oxygen atoms in total. The Hall–Kier alpha value is -3.02. The Labute approximate surface area is 178 Å². The number of piperidine rings is 1. The summed E-state index contributed by atoms with van der Waals surface area (Å²) in [6.07, 6.45) is 1.33. The van der Waals surface area contributed by atoms with Gasteiger partial charge in [0, 0.05) is 19.0 Å². The number of ether oxygens (including phenoxy) is 2. The molecule has 2 amide bonds. The summed E-state index contributed by atoms with van der Waals surface area (Å²) >= 11 is 0. The Bertz CT molecular complexity index is 825. The van der Waals surface area contributed by atoms with Gasteiger partial charge in [-0.25, -0.2) is 0 Å². The van der Waals surface area contributed by atoms with E-state index in [0.29, 0.717) is 44.8 Å². The molecular formula is C24H30N2O4. The van der Waals surface area contributed by atoms with Crippen LogP contribution < -0.4 is 14.8 Å². The van der Waals surface area contributed by atoms with Gasteiger partial charge in [-0.15, -0.1) is 0 Å². The molecule has 0 spiro atoms. The third-order valence-electron chi connectivity index (χ3n) is 5.38. The lowest BCUT2D eigenvalue weighted by Crippen LogP contribution is -2.45. The van der Waals surface area contributed by atoms with Crippen LogP contribution in [0.15, 0.2) is 48.5 Å². The first-order valence-corrected chi connectivity index (χ1v) is 10.5.